The largest absolute Gasteiger partial charge is 0.311 e. The van der Waals surface area contributed by atoms with Crippen molar-refractivity contribution in [2.75, 3.05) is 4.90 Å². The molecule has 0 amide bonds. The van der Waals surface area contributed by atoms with Crippen LogP contribution in [0, 0.1) is 0 Å². The van der Waals surface area contributed by atoms with E-state index in [-0.39, 0.29) is 35.4 Å². The van der Waals surface area contributed by atoms with Gasteiger partial charge in [0.05, 0.1) is 22.2 Å². The summed E-state index contributed by atoms with van der Waals surface area (Å²) in [5, 5.41) is 2.44. The Morgan fingerprint density at radius 3 is 1.38 bits per heavy atom. The molecule has 1 aromatic heterocycles. The highest BCUT2D eigenvalue weighted by molar-refractivity contribution is 6.09. The van der Waals surface area contributed by atoms with Crippen LogP contribution in [0.4, 0.5) is 17.1 Å². The third-order valence-corrected chi connectivity index (χ3v) is 10.5. The molecular formula is C54H38N2. The van der Waals surface area contributed by atoms with Gasteiger partial charge in [-0.15, -0.1) is 0 Å². The fraction of sp³-hybridized carbons (Fsp3) is 0. The normalized spacial score (nSPS) is 12.2. The Kier molecular flexibility index (Phi) is 7.47. The van der Waals surface area contributed by atoms with E-state index in [1.807, 2.05) is 89.8 Å². The van der Waals surface area contributed by atoms with Crippen molar-refractivity contribution >= 4 is 38.9 Å². The molecule has 10 rings (SSSR count). The highest BCUT2D eigenvalue weighted by atomic mass is 15.1. The molecule has 0 atom stereocenters. The Balaban J connectivity index is 1.06. The van der Waals surface area contributed by atoms with Crippen LogP contribution < -0.4 is 4.90 Å². The molecule has 9 aromatic carbocycles. The van der Waals surface area contributed by atoms with E-state index in [9.17, 15) is 2.74 Å². The van der Waals surface area contributed by atoms with E-state index in [0.29, 0.717) is 11.3 Å². The summed E-state index contributed by atoms with van der Waals surface area (Å²) < 4.78 is 39.3. The molecule has 0 saturated heterocycles. The van der Waals surface area contributed by atoms with Crippen LogP contribution in [-0.2, 0) is 0 Å². The van der Waals surface area contributed by atoms with Crippen molar-refractivity contribution in [2.45, 2.75) is 0 Å². The van der Waals surface area contributed by atoms with Crippen molar-refractivity contribution in [3.05, 3.63) is 230 Å². The zero-order chi connectivity index (χ0) is 40.7. The molecule has 1 heterocycles. The monoisotopic (exact) mass is 718 g/mol. The maximum absolute atomic E-state index is 9.33. The summed E-state index contributed by atoms with van der Waals surface area (Å²) in [6.45, 7) is 0. The molecule has 0 fully saturated rings. The van der Waals surface area contributed by atoms with E-state index in [2.05, 4.69) is 126 Å². The lowest BCUT2D eigenvalue weighted by Gasteiger charge is -2.26. The molecule has 264 valence electrons. The lowest BCUT2D eigenvalue weighted by molar-refractivity contribution is 1.18. The van der Waals surface area contributed by atoms with Gasteiger partial charge in [-0.1, -0.05) is 170 Å². The van der Waals surface area contributed by atoms with Gasteiger partial charge in [-0.25, -0.2) is 0 Å². The quantitative estimate of drug-likeness (QED) is 0.152. The molecule has 0 N–H and O–H groups in total. The number of anilines is 3. The Labute approximate surface area is 333 Å². The number of rotatable bonds is 8. The first-order valence-electron chi connectivity index (χ1n) is 20.9. The molecule has 0 unspecified atom stereocenters. The van der Waals surface area contributed by atoms with Crippen LogP contribution in [0.15, 0.2) is 230 Å². The first-order valence-corrected chi connectivity index (χ1v) is 18.9. The van der Waals surface area contributed by atoms with E-state index in [0.717, 1.165) is 55.8 Å². The van der Waals surface area contributed by atoms with Crippen molar-refractivity contribution in [1.82, 2.24) is 4.57 Å². The standard InChI is InChI=1S/C54H38N2/c1-3-14-39(15-4-1)41-26-32-46(33-27-41)55(47-34-28-42(29-35-47)40-16-5-2-6-17-40)48-36-30-43(31-37-48)44-18-13-19-45(38-44)49-20-7-10-23-52(49)56-53-24-11-8-21-50(53)51-22-9-12-25-54(51)56/h1-38H/i26D,27D,32D,33D. The Morgan fingerprint density at radius 2 is 0.768 bits per heavy atom. The van der Waals surface area contributed by atoms with Gasteiger partial charge in [0.25, 0.3) is 0 Å². The van der Waals surface area contributed by atoms with E-state index < -0.39 is 0 Å². The maximum Gasteiger partial charge on any atom is 0.0645 e. The third-order valence-electron chi connectivity index (χ3n) is 10.5. The summed E-state index contributed by atoms with van der Waals surface area (Å²) in [5.74, 6) is 0. The molecule has 0 saturated carbocycles. The second-order valence-corrected chi connectivity index (χ2v) is 13.9. The van der Waals surface area contributed by atoms with E-state index in [4.69, 9.17) is 2.74 Å². The lowest BCUT2D eigenvalue weighted by atomic mass is 9.97. The molecular weight excluding hydrogens is 677 g/mol. The first-order chi connectivity index (χ1) is 29.5. The molecule has 0 radical (unpaired) electrons. The van der Waals surface area contributed by atoms with Crippen LogP contribution in [-0.4, -0.2) is 4.57 Å². The molecule has 10 aromatic rings. The number of hydrogen-bond donors (Lipinski definition) is 0. The highest BCUT2D eigenvalue weighted by Crippen LogP contribution is 2.40. The summed E-state index contributed by atoms with van der Waals surface area (Å²) in [5.41, 5.74) is 12.4. The van der Waals surface area contributed by atoms with Crippen molar-refractivity contribution in [3.8, 4) is 50.2 Å². The van der Waals surface area contributed by atoms with Gasteiger partial charge in [0, 0.05) is 33.4 Å². The number of para-hydroxylation sites is 3. The first kappa shape index (κ1) is 29.0. The van der Waals surface area contributed by atoms with Gasteiger partial charge in [-0.3, -0.25) is 0 Å². The van der Waals surface area contributed by atoms with Gasteiger partial charge < -0.3 is 9.47 Å². The van der Waals surface area contributed by atoms with Crippen LogP contribution >= 0.6 is 0 Å². The zero-order valence-electron chi connectivity index (χ0n) is 34.5. The summed E-state index contributed by atoms with van der Waals surface area (Å²) in [7, 11) is 0. The highest BCUT2D eigenvalue weighted by Gasteiger charge is 2.17. The van der Waals surface area contributed by atoms with Gasteiger partial charge in [0.15, 0.2) is 0 Å². The average molecular weight is 719 g/mol. The Bertz CT molecular complexity index is 3090. The number of aromatic nitrogens is 1. The van der Waals surface area contributed by atoms with E-state index >= 15 is 0 Å². The smallest absolute Gasteiger partial charge is 0.0645 e. The number of nitrogens with zero attached hydrogens (tertiary/aromatic N) is 2. The van der Waals surface area contributed by atoms with Gasteiger partial charge in [0.2, 0.25) is 0 Å². The van der Waals surface area contributed by atoms with Gasteiger partial charge in [-0.2, -0.15) is 0 Å². The molecule has 0 aliphatic heterocycles. The number of benzene rings is 9. The van der Waals surface area contributed by atoms with Crippen LogP contribution in [0.2, 0.25) is 0 Å². The summed E-state index contributed by atoms with van der Waals surface area (Å²) >= 11 is 0. The Morgan fingerprint density at radius 1 is 0.321 bits per heavy atom. The van der Waals surface area contributed by atoms with E-state index in [1.165, 1.54) is 10.8 Å². The topological polar surface area (TPSA) is 8.17 Å². The molecule has 0 bridgehead atoms. The SMILES string of the molecule is [2H]c1c([2H])c(N(c2ccc(-c3ccccc3)cc2)c2ccc(-c3cccc(-c4ccccc4-n4c5ccccc5c5ccccc54)c3)cc2)c([2H])c([2H])c1-c1ccccc1. The van der Waals surface area contributed by atoms with Crippen LogP contribution in [0.5, 0.6) is 0 Å². The zero-order valence-corrected chi connectivity index (χ0v) is 30.5. The molecule has 56 heavy (non-hydrogen) atoms. The molecule has 0 aliphatic carbocycles. The van der Waals surface area contributed by atoms with Crippen molar-refractivity contribution in [3.63, 3.8) is 0 Å². The van der Waals surface area contributed by atoms with Crippen molar-refractivity contribution < 1.29 is 5.48 Å². The predicted molar refractivity (Wildman–Crippen MR) is 237 cm³/mol. The second-order valence-electron chi connectivity index (χ2n) is 13.9. The third kappa shape index (κ3) is 6.14. The lowest BCUT2D eigenvalue weighted by Crippen LogP contribution is -2.09. The fourth-order valence-corrected chi connectivity index (χ4v) is 7.77. The van der Waals surface area contributed by atoms with Crippen LogP contribution in [0.1, 0.15) is 5.48 Å². The van der Waals surface area contributed by atoms with E-state index in [1.54, 1.807) is 0 Å². The van der Waals surface area contributed by atoms with Crippen molar-refractivity contribution in [1.29, 1.82) is 0 Å². The summed E-state index contributed by atoms with van der Waals surface area (Å²) in [6, 6.07) is 69.4. The number of fused-ring (bicyclic) bond motifs is 3. The minimum absolute atomic E-state index is 0.0854. The minimum atomic E-state index is -0.110. The van der Waals surface area contributed by atoms with Gasteiger partial charge in [0.1, 0.15) is 0 Å². The van der Waals surface area contributed by atoms with Crippen LogP contribution in [0.25, 0.3) is 72.0 Å². The fourth-order valence-electron chi connectivity index (χ4n) is 7.77. The van der Waals surface area contributed by atoms with Gasteiger partial charge >= 0.3 is 0 Å². The van der Waals surface area contributed by atoms with Gasteiger partial charge in [-0.05, 0) is 99.6 Å². The molecule has 0 aliphatic rings. The van der Waals surface area contributed by atoms with Crippen LogP contribution in [0.3, 0.4) is 0 Å². The molecule has 2 heteroatoms. The molecule has 0 spiro atoms. The minimum Gasteiger partial charge on any atom is -0.311 e. The average Bonchev–Trinajstić information content (AvgIpc) is 3.65. The molecule has 2 nitrogen and oxygen atoms in total. The number of hydrogen-bond acceptors (Lipinski definition) is 1. The Hall–Kier alpha value is -7.42. The maximum atomic E-state index is 9.33. The summed E-state index contributed by atoms with van der Waals surface area (Å²) in [6.07, 6.45) is 0. The predicted octanol–water partition coefficient (Wildman–Crippen LogP) is 14.9. The summed E-state index contributed by atoms with van der Waals surface area (Å²) in [4.78, 5) is 1.84. The van der Waals surface area contributed by atoms with Crippen molar-refractivity contribution in [2.24, 2.45) is 0 Å². The second kappa shape index (κ2) is 14.4.